The second kappa shape index (κ2) is 7.81. The molecule has 0 aromatic rings. The molecule has 0 aromatic heterocycles. The van der Waals surface area contributed by atoms with Gasteiger partial charge in [-0.25, -0.2) is 4.79 Å². The molecule has 126 valence electrons. The molecule has 2 rings (SSSR count). The molecule has 6 heteroatoms. The second-order valence-electron chi connectivity index (χ2n) is 6.74. The molecule has 0 unspecified atom stereocenters. The van der Waals surface area contributed by atoms with Crippen LogP contribution in [0.15, 0.2) is 0 Å². The van der Waals surface area contributed by atoms with Crippen LogP contribution in [-0.2, 0) is 9.53 Å². The van der Waals surface area contributed by atoms with Crippen LogP contribution in [0.3, 0.4) is 0 Å². The van der Waals surface area contributed by atoms with E-state index in [-0.39, 0.29) is 17.5 Å². The van der Waals surface area contributed by atoms with E-state index < -0.39 is 6.04 Å². The Kier molecular flexibility index (Phi) is 6.06. The van der Waals surface area contributed by atoms with Gasteiger partial charge in [-0.15, -0.1) is 0 Å². The molecule has 1 aliphatic heterocycles. The quantitative estimate of drug-likeness (QED) is 0.737. The Labute approximate surface area is 132 Å². The van der Waals surface area contributed by atoms with Crippen LogP contribution in [-0.4, -0.2) is 43.8 Å². The molecule has 1 saturated heterocycles. The predicted octanol–water partition coefficient (Wildman–Crippen LogP) is 1.55. The summed E-state index contributed by atoms with van der Waals surface area (Å²) in [7, 11) is 1.72. The monoisotopic (exact) mass is 311 g/mol. The number of amides is 3. The van der Waals surface area contributed by atoms with Crippen LogP contribution in [0.2, 0.25) is 0 Å². The fourth-order valence-electron chi connectivity index (χ4n) is 3.27. The molecule has 2 aliphatic rings. The van der Waals surface area contributed by atoms with Crippen molar-refractivity contribution >= 4 is 11.9 Å². The van der Waals surface area contributed by atoms with E-state index >= 15 is 0 Å². The number of hydrogen-bond donors (Lipinski definition) is 3. The molecule has 1 saturated carbocycles. The first kappa shape index (κ1) is 17.1. The highest BCUT2D eigenvalue weighted by Gasteiger charge is 2.34. The van der Waals surface area contributed by atoms with Crippen molar-refractivity contribution in [2.75, 3.05) is 20.2 Å². The van der Waals surface area contributed by atoms with E-state index in [1.54, 1.807) is 7.11 Å². The first-order valence-electron chi connectivity index (χ1n) is 8.42. The SMILES string of the molecule is COC1(CNC(=O)N[C@@H]2CCCCNC2=O)CCC(C)CC1. The molecule has 1 heterocycles. The fourth-order valence-corrected chi connectivity index (χ4v) is 3.27. The van der Waals surface area contributed by atoms with Crippen LogP contribution in [0.25, 0.3) is 0 Å². The first-order valence-corrected chi connectivity index (χ1v) is 8.42. The first-order chi connectivity index (χ1) is 10.5. The van der Waals surface area contributed by atoms with E-state index in [4.69, 9.17) is 4.74 Å². The Balaban J connectivity index is 1.80. The number of carbonyl (C=O) groups is 2. The number of nitrogens with one attached hydrogen (secondary N) is 3. The van der Waals surface area contributed by atoms with Crippen molar-refractivity contribution in [2.24, 2.45) is 5.92 Å². The predicted molar refractivity (Wildman–Crippen MR) is 84.6 cm³/mol. The molecular weight excluding hydrogens is 282 g/mol. The van der Waals surface area contributed by atoms with Crippen molar-refractivity contribution < 1.29 is 14.3 Å². The van der Waals surface area contributed by atoms with Gasteiger partial charge in [-0.05, 0) is 50.9 Å². The number of hydrogen-bond acceptors (Lipinski definition) is 3. The molecule has 2 fully saturated rings. The van der Waals surface area contributed by atoms with Gasteiger partial charge in [0.2, 0.25) is 5.91 Å². The molecule has 0 radical (unpaired) electrons. The van der Waals surface area contributed by atoms with Gasteiger partial charge in [0.1, 0.15) is 6.04 Å². The normalized spacial score (nSPS) is 32.7. The van der Waals surface area contributed by atoms with Gasteiger partial charge >= 0.3 is 6.03 Å². The van der Waals surface area contributed by atoms with Crippen LogP contribution in [0.5, 0.6) is 0 Å². The Morgan fingerprint density at radius 3 is 2.73 bits per heavy atom. The maximum absolute atomic E-state index is 12.1. The molecule has 3 N–H and O–H groups in total. The Bertz CT molecular complexity index is 392. The van der Waals surface area contributed by atoms with Gasteiger partial charge in [-0.3, -0.25) is 4.79 Å². The van der Waals surface area contributed by atoms with Crippen molar-refractivity contribution in [2.45, 2.75) is 63.5 Å². The number of carbonyl (C=O) groups excluding carboxylic acids is 2. The van der Waals surface area contributed by atoms with Gasteiger partial charge in [0.25, 0.3) is 0 Å². The average molecular weight is 311 g/mol. The van der Waals surface area contributed by atoms with E-state index in [1.165, 1.54) is 0 Å². The Morgan fingerprint density at radius 2 is 2.05 bits per heavy atom. The summed E-state index contributed by atoms with van der Waals surface area (Å²) in [4.78, 5) is 23.9. The molecule has 0 spiro atoms. The topological polar surface area (TPSA) is 79.5 Å². The lowest BCUT2D eigenvalue weighted by Crippen LogP contribution is -2.53. The summed E-state index contributed by atoms with van der Waals surface area (Å²) in [5.41, 5.74) is -0.254. The minimum atomic E-state index is -0.424. The summed E-state index contributed by atoms with van der Waals surface area (Å²) >= 11 is 0. The van der Waals surface area contributed by atoms with Crippen LogP contribution in [0.1, 0.15) is 51.9 Å². The van der Waals surface area contributed by atoms with E-state index in [9.17, 15) is 9.59 Å². The van der Waals surface area contributed by atoms with Crippen LogP contribution in [0, 0.1) is 5.92 Å². The molecule has 1 aliphatic carbocycles. The molecule has 6 nitrogen and oxygen atoms in total. The highest BCUT2D eigenvalue weighted by atomic mass is 16.5. The number of methoxy groups -OCH3 is 1. The van der Waals surface area contributed by atoms with Crippen molar-refractivity contribution in [1.29, 1.82) is 0 Å². The number of rotatable bonds is 4. The lowest BCUT2D eigenvalue weighted by molar-refractivity contribution is -0.122. The Morgan fingerprint density at radius 1 is 1.32 bits per heavy atom. The number of urea groups is 1. The standard InChI is InChI=1S/C16H29N3O3/c1-12-6-8-16(22-2,9-7-12)11-18-15(21)19-13-5-3-4-10-17-14(13)20/h12-13H,3-11H2,1-2H3,(H,17,20)(H2,18,19,21)/t12?,13-,16?/m1/s1. The van der Waals surface area contributed by atoms with E-state index in [1.807, 2.05) is 0 Å². The van der Waals surface area contributed by atoms with Crippen molar-refractivity contribution in [1.82, 2.24) is 16.0 Å². The molecule has 0 bridgehead atoms. The van der Waals surface area contributed by atoms with E-state index in [2.05, 4.69) is 22.9 Å². The second-order valence-corrected chi connectivity index (χ2v) is 6.74. The summed E-state index contributed by atoms with van der Waals surface area (Å²) in [6.45, 7) is 3.45. The Hall–Kier alpha value is -1.30. The fraction of sp³-hybridized carbons (Fsp3) is 0.875. The minimum Gasteiger partial charge on any atom is -0.376 e. The maximum Gasteiger partial charge on any atom is 0.315 e. The van der Waals surface area contributed by atoms with E-state index in [0.29, 0.717) is 19.5 Å². The zero-order valence-corrected chi connectivity index (χ0v) is 13.7. The number of ether oxygens (including phenoxy) is 1. The molecule has 3 amide bonds. The van der Waals surface area contributed by atoms with Gasteiger partial charge in [0.15, 0.2) is 0 Å². The summed E-state index contributed by atoms with van der Waals surface area (Å²) in [5.74, 6) is 0.646. The third kappa shape index (κ3) is 4.60. The summed E-state index contributed by atoms with van der Waals surface area (Å²) < 4.78 is 5.69. The zero-order chi connectivity index (χ0) is 16.0. The third-order valence-electron chi connectivity index (χ3n) is 5.03. The van der Waals surface area contributed by atoms with Gasteiger partial charge in [0.05, 0.1) is 5.60 Å². The maximum atomic E-state index is 12.1. The largest absolute Gasteiger partial charge is 0.376 e. The van der Waals surface area contributed by atoms with Crippen molar-refractivity contribution in [3.05, 3.63) is 0 Å². The summed E-state index contributed by atoms with van der Waals surface area (Å²) in [5, 5.41) is 8.50. The van der Waals surface area contributed by atoms with E-state index in [0.717, 1.165) is 44.4 Å². The van der Waals surface area contributed by atoms with Crippen molar-refractivity contribution in [3.8, 4) is 0 Å². The highest BCUT2D eigenvalue weighted by Crippen LogP contribution is 2.33. The lowest BCUT2D eigenvalue weighted by atomic mass is 9.79. The smallest absolute Gasteiger partial charge is 0.315 e. The van der Waals surface area contributed by atoms with Crippen LogP contribution < -0.4 is 16.0 Å². The molecular formula is C16H29N3O3. The van der Waals surface area contributed by atoms with Crippen LogP contribution >= 0.6 is 0 Å². The minimum absolute atomic E-state index is 0.0828. The summed E-state index contributed by atoms with van der Waals surface area (Å²) in [6, 6.07) is -0.704. The van der Waals surface area contributed by atoms with Gasteiger partial charge in [0, 0.05) is 20.2 Å². The lowest BCUT2D eigenvalue weighted by Gasteiger charge is -2.38. The van der Waals surface area contributed by atoms with Gasteiger partial charge < -0.3 is 20.7 Å². The molecule has 1 atom stereocenters. The molecule has 0 aromatic carbocycles. The highest BCUT2D eigenvalue weighted by molar-refractivity contribution is 5.87. The van der Waals surface area contributed by atoms with Crippen molar-refractivity contribution in [3.63, 3.8) is 0 Å². The van der Waals surface area contributed by atoms with Gasteiger partial charge in [-0.2, -0.15) is 0 Å². The molecule has 22 heavy (non-hydrogen) atoms. The van der Waals surface area contributed by atoms with Crippen LogP contribution in [0.4, 0.5) is 4.79 Å². The summed E-state index contributed by atoms with van der Waals surface area (Å²) in [6.07, 6.45) is 6.81. The average Bonchev–Trinajstić information content (AvgIpc) is 2.72. The third-order valence-corrected chi connectivity index (χ3v) is 5.03. The zero-order valence-electron chi connectivity index (χ0n) is 13.7. The van der Waals surface area contributed by atoms with Gasteiger partial charge in [-0.1, -0.05) is 6.92 Å².